The van der Waals surface area contributed by atoms with Gasteiger partial charge in [-0.1, -0.05) is 31.0 Å². The standard InChI is InChI=1S/C23H34N2O3/c1-2-28-21-10-6-5-9-19(21)11-12-22(26)24-17-13-20(14-18-24)23(27)25-15-7-3-4-8-16-25/h5-6,9-10,20H,2-4,7-8,11-18H2,1H3. The Hall–Kier alpha value is -2.04. The molecule has 2 saturated heterocycles. The van der Waals surface area contributed by atoms with Crippen LogP contribution < -0.4 is 4.74 Å². The first-order valence-electron chi connectivity index (χ1n) is 11.0. The summed E-state index contributed by atoms with van der Waals surface area (Å²) in [5.41, 5.74) is 1.09. The Bertz CT molecular complexity index is 645. The van der Waals surface area contributed by atoms with E-state index in [2.05, 4.69) is 4.90 Å². The molecule has 5 heteroatoms. The maximum absolute atomic E-state index is 12.8. The van der Waals surface area contributed by atoms with E-state index in [-0.39, 0.29) is 11.8 Å². The van der Waals surface area contributed by atoms with Gasteiger partial charge in [-0.05, 0) is 50.7 Å². The summed E-state index contributed by atoms with van der Waals surface area (Å²) in [7, 11) is 0. The Balaban J connectivity index is 1.45. The maximum atomic E-state index is 12.8. The van der Waals surface area contributed by atoms with Gasteiger partial charge in [0.25, 0.3) is 0 Å². The van der Waals surface area contributed by atoms with Crippen molar-refractivity contribution in [3.8, 4) is 5.75 Å². The van der Waals surface area contributed by atoms with Crippen LogP contribution in [0.4, 0.5) is 0 Å². The molecule has 0 aromatic heterocycles. The van der Waals surface area contributed by atoms with Gasteiger partial charge in [0.2, 0.25) is 11.8 Å². The molecule has 0 unspecified atom stereocenters. The minimum atomic E-state index is 0.0980. The van der Waals surface area contributed by atoms with Crippen molar-refractivity contribution in [1.82, 2.24) is 9.80 Å². The number of carbonyl (C=O) groups is 2. The van der Waals surface area contributed by atoms with Gasteiger partial charge in [0.05, 0.1) is 6.61 Å². The zero-order valence-electron chi connectivity index (χ0n) is 17.2. The minimum Gasteiger partial charge on any atom is -0.494 e. The van der Waals surface area contributed by atoms with Gasteiger partial charge in [0.15, 0.2) is 0 Å². The average Bonchev–Trinajstić information content (AvgIpc) is 3.02. The number of carbonyl (C=O) groups excluding carboxylic acids is 2. The highest BCUT2D eigenvalue weighted by molar-refractivity contribution is 5.80. The summed E-state index contributed by atoms with van der Waals surface area (Å²) in [6.07, 6.45) is 7.54. The topological polar surface area (TPSA) is 49.9 Å². The number of para-hydroxylation sites is 1. The van der Waals surface area contributed by atoms with E-state index in [1.165, 1.54) is 12.8 Å². The molecule has 154 valence electrons. The molecule has 3 rings (SSSR count). The summed E-state index contributed by atoms with van der Waals surface area (Å²) in [6.45, 7) is 5.84. The van der Waals surface area contributed by atoms with Gasteiger partial charge >= 0.3 is 0 Å². The molecule has 0 N–H and O–H groups in total. The number of likely N-dealkylation sites (tertiary alicyclic amines) is 2. The molecule has 1 aromatic carbocycles. The van der Waals surface area contributed by atoms with Crippen LogP contribution in [0.3, 0.4) is 0 Å². The highest BCUT2D eigenvalue weighted by Crippen LogP contribution is 2.24. The van der Waals surface area contributed by atoms with Crippen LogP contribution >= 0.6 is 0 Å². The zero-order valence-corrected chi connectivity index (χ0v) is 17.2. The summed E-state index contributed by atoms with van der Waals surface area (Å²) >= 11 is 0. The van der Waals surface area contributed by atoms with E-state index in [4.69, 9.17) is 4.74 Å². The molecule has 2 fully saturated rings. The number of ether oxygens (including phenoxy) is 1. The number of rotatable bonds is 6. The molecule has 28 heavy (non-hydrogen) atoms. The first-order valence-corrected chi connectivity index (χ1v) is 11.0. The lowest BCUT2D eigenvalue weighted by Crippen LogP contribution is -2.44. The second-order valence-corrected chi connectivity index (χ2v) is 7.94. The number of hydrogen-bond donors (Lipinski definition) is 0. The Labute approximate surface area is 169 Å². The van der Waals surface area contributed by atoms with Gasteiger partial charge < -0.3 is 14.5 Å². The molecule has 0 bridgehead atoms. The Morgan fingerprint density at radius 3 is 2.32 bits per heavy atom. The van der Waals surface area contributed by atoms with Crippen molar-refractivity contribution in [3.63, 3.8) is 0 Å². The van der Waals surface area contributed by atoms with Crippen LogP contribution in [-0.2, 0) is 16.0 Å². The third-order valence-electron chi connectivity index (χ3n) is 6.00. The van der Waals surface area contributed by atoms with Gasteiger partial charge in [-0.2, -0.15) is 0 Å². The molecule has 0 spiro atoms. The van der Waals surface area contributed by atoms with Crippen LogP contribution in [0.5, 0.6) is 5.75 Å². The summed E-state index contributed by atoms with van der Waals surface area (Å²) in [5.74, 6) is 1.48. The lowest BCUT2D eigenvalue weighted by molar-refractivity contribution is -0.140. The van der Waals surface area contributed by atoms with Crippen molar-refractivity contribution >= 4 is 11.8 Å². The van der Waals surface area contributed by atoms with Gasteiger partial charge in [-0.15, -0.1) is 0 Å². The minimum absolute atomic E-state index is 0.0980. The predicted octanol–water partition coefficient (Wildman–Crippen LogP) is 3.66. The fourth-order valence-corrected chi connectivity index (χ4v) is 4.33. The molecule has 5 nitrogen and oxygen atoms in total. The maximum Gasteiger partial charge on any atom is 0.225 e. The molecule has 2 heterocycles. The number of hydrogen-bond acceptors (Lipinski definition) is 3. The van der Waals surface area contributed by atoms with E-state index in [9.17, 15) is 9.59 Å². The Morgan fingerprint density at radius 2 is 1.64 bits per heavy atom. The molecule has 0 saturated carbocycles. The molecule has 0 atom stereocenters. The molecule has 2 aliphatic heterocycles. The first-order chi connectivity index (χ1) is 13.7. The molecular formula is C23H34N2O3. The number of aryl methyl sites for hydroxylation is 1. The molecule has 0 aliphatic carbocycles. The average molecular weight is 387 g/mol. The van der Waals surface area contributed by atoms with Crippen LogP contribution in [0.1, 0.15) is 57.4 Å². The monoisotopic (exact) mass is 386 g/mol. The second kappa shape index (κ2) is 10.5. The molecule has 1 aromatic rings. The quantitative estimate of drug-likeness (QED) is 0.750. The van der Waals surface area contributed by atoms with Gasteiger partial charge in [-0.3, -0.25) is 9.59 Å². The van der Waals surface area contributed by atoms with Crippen LogP contribution in [0.25, 0.3) is 0 Å². The van der Waals surface area contributed by atoms with E-state index in [0.717, 1.165) is 50.1 Å². The van der Waals surface area contributed by atoms with Crippen molar-refractivity contribution in [1.29, 1.82) is 0 Å². The summed E-state index contributed by atoms with van der Waals surface area (Å²) in [6, 6.07) is 7.94. The SMILES string of the molecule is CCOc1ccccc1CCC(=O)N1CCC(C(=O)N2CCCCCC2)CC1. The largest absolute Gasteiger partial charge is 0.494 e. The van der Waals surface area contributed by atoms with Gasteiger partial charge in [-0.25, -0.2) is 0 Å². The second-order valence-electron chi connectivity index (χ2n) is 7.94. The Morgan fingerprint density at radius 1 is 0.964 bits per heavy atom. The van der Waals surface area contributed by atoms with E-state index in [0.29, 0.717) is 38.4 Å². The normalized spacial score (nSPS) is 18.6. The van der Waals surface area contributed by atoms with Crippen LogP contribution in [0.2, 0.25) is 0 Å². The lowest BCUT2D eigenvalue weighted by atomic mass is 9.94. The Kier molecular flexibility index (Phi) is 7.75. The van der Waals surface area contributed by atoms with Crippen molar-refractivity contribution in [2.75, 3.05) is 32.8 Å². The predicted molar refractivity (Wildman–Crippen MR) is 110 cm³/mol. The molecular weight excluding hydrogens is 352 g/mol. The van der Waals surface area contributed by atoms with Gasteiger partial charge in [0.1, 0.15) is 5.75 Å². The van der Waals surface area contributed by atoms with Crippen LogP contribution in [-0.4, -0.2) is 54.4 Å². The molecule has 0 radical (unpaired) electrons. The fraction of sp³-hybridized carbons (Fsp3) is 0.652. The zero-order chi connectivity index (χ0) is 19.8. The van der Waals surface area contributed by atoms with Crippen molar-refractivity contribution in [2.24, 2.45) is 5.92 Å². The number of amides is 2. The van der Waals surface area contributed by atoms with Crippen LogP contribution in [0.15, 0.2) is 24.3 Å². The smallest absolute Gasteiger partial charge is 0.225 e. The van der Waals surface area contributed by atoms with Crippen molar-refractivity contribution in [3.05, 3.63) is 29.8 Å². The molecule has 2 aliphatic rings. The molecule has 2 amide bonds. The van der Waals surface area contributed by atoms with E-state index in [1.54, 1.807) is 0 Å². The van der Waals surface area contributed by atoms with Crippen molar-refractivity contribution < 1.29 is 14.3 Å². The third-order valence-corrected chi connectivity index (χ3v) is 6.00. The third kappa shape index (κ3) is 5.49. The lowest BCUT2D eigenvalue weighted by Gasteiger charge is -2.34. The van der Waals surface area contributed by atoms with Crippen molar-refractivity contribution in [2.45, 2.75) is 58.3 Å². The van der Waals surface area contributed by atoms with Crippen LogP contribution in [0, 0.1) is 5.92 Å². The van der Waals surface area contributed by atoms with E-state index in [1.807, 2.05) is 36.1 Å². The summed E-state index contributed by atoms with van der Waals surface area (Å²) in [4.78, 5) is 29.5. The van der Waals surface area contributed by atoms with Gasteiger partial charge in [0, 0.05) is 38.5 Å². The summed E-state index contributed by atoms with van der Waals surface area (Å²) < 4.78 is 5.65. The van der Waals surface area contributed by atoms with E-state index >= 15 is 0 Å². The fourth-order valence-electron chi connectivity index (χ4n) is 4.33. The number of nitrogens with zero attached hydrogens (tertiary/aromatic N) is 2. The highest BCUT2D eigenvalue weighted by Gasteiger charge is 2.30. The number of benzene rings is 1. The first kappa shape index (κ1) is 20.7. The number of piperidine rings is 1. The highest BCUT2D eigenvalue weighted by atomic mass is 16.5. The van der Waals surface area contributed by atoms with E-state index < -0.39 is 0 Å². The summed E-state index contributed by atoms with van der Waals surface area (Å²) in [5, 5.41) is 0.